The second kappa shape index (κ2) is 3.10. The van der Waals surface area contributed by atoms with Gasteiger partial charge in [0.05, 0.1) is 6.20 Å². The number of rotatable bonds is 1. The quantitative estimate of drug-likeness (QED) is 0.730. The number of aromatic amines is 1. The van der Waals surface area contributed by atoms with Crippen molar-refractivity contribution >= 4 is 5.82 Å². The molecule has 0 aliphatic rings. The summed E-state index contributed by atoms with van der Waals surface area (Å²) in [6.45, 7) is 0. The van der Waals surface area contributed by atoms with Gasteiger partial charge in [-0.15, -0.1) is 0 Å². The fourth-order valence-electron chi connectivity index (χ4n) is 1.21. The maximum absolute atomic E-state index is 13.2. The van der Waals surface area contributed by atoms with Crippen molar-refractivity contribution in [2.75, 3.05) is 5.73 Å². The normalized spacial score (nSPS) is 10.4. The molecule has 0 saturated carbocycles. The Morgan fingerprint density at radius 1 is 1.21 bits per heavy atom. The molecule has 3 nitrogen and oxygen atoms in total. The number of nitrogen functional groups attached to an aromatic ring is 1. The second-order valence-electron chi connectivity index (χ2n) is 2.82. The van der Waals surface area contributed by atoms with E-state index in [1.165, 1.54) is 6.20 Å². The molecule has 0 bridgehead atoms. The zero-order valence-electron chi connectivity index (χ0n) is 7.09. The van der Waals surface area contributed by atoms with Gasteiger partial charge in [-0.1, -0.05) is 0 Å². The van der Waals surface area contributed by atoms with Gasteiger partial charge in [-0.25, -0.2) is 8.78 Å². The van der Waals surface area contributed by atoms with Crippen LogP contribution in [0.1, 0.15) is 0 Å². The fraction of sp³-hybridized carbons (Fsp3) is 0. The molecule has 72 valence electrons. The Hall–Kier alpha value is -1.91. The third-order valence-electron chi connectivity index (χ3n) is 1.89. The van der Waals surface area contributed by atoms with E-state index in [4.69, 9.17) is 5.73 Å². The molecule has 1 aromatic heterocycles. The van der Waals surface area contributed by atoms with Gasteiger partial charge in [-0.2, -0.15) is 5.10 Å². The van der Waals surface area contributed by atoms with Crippen molar-refractivity contribution in [2.24, 2.45) is 0 Å². The summed E-state index contributed by atoms with van der Waals surface area (Å²) in [6.07, 6.45) is 1.35. The van der Waals surface area contributed by atoms with Crippen LogP contribution in [-0.2, 0) is 0 Å². The Bertz CT molecular complexity index is 465. The molecule has 0 fully saturated rings. The van der Waals surface area contributed by atoms with Crippen molar-refractivity contribution in [3.8, 4) is 11.1 Å². The van der Waals surface area contributed by atoms with Gasteiger partial charge in [-0.05, 0) is 18.2 Å². The highest BCUT2D eigenvalue weighted by Crippen LogP contribution is 2.26. The van der Waals surface area contributed by atoms with Gasteiger partial charge >= 0.3 is 0 Å². The summed E-state index contributed by atoms with van der Waals surface area (Å²) in [7, 11) is 0. The first-order valence-corrected chi connectivity index (χ1v) is 3.93. The van der Waals surface area contributed by atoms with Crippen molar-refractivity contribution in [3.05, 3.63) is 36.0 Å². The van der Waals surface area contributed by atoms with Crippen LogP contribution in [0.5, 0.6) is 0 Å². The summed E-state index contributed by atoms with van der Waals surface area (Å²) >= 11 is 0. The predicted molar refractivity (Wildman–Crippen MR) is 48.4 cm³/mol. The molecule has 0 unspecified atom stereocenters. The van der Waals surface area contributed by atoms with Gasteiger partial charge in [0.25, 0.3) is 0 Å². The monoisotopic (exact) mass is 195 g/mol. The Kier molecular flexibility index (Phi) is 1.92. The molecule has 0 aliphatic carbocycles. The van der Waals surface area contributed by atoms with Crippen LogP contribution < -0.4 is 5.73 Å². The van der Waals surface area contributed by atoms with Gasteiger partial charge in [0.1, 0.15) is 17.5 Å². The van der Waals surface area contributed by atoms with Gasteiger partial charge in [0, 0.05) is 11.1 Å². The molecule has 2 aromatic rings. The predicted octanol–water partition coefficient (Wildman–Crippen LogP) is 1.94. The fourth-order valence-corrected chi connectivity index (χ4v) is 1.21. The van der Waals surface area contributed by atoms with E-state index < -0.39 is 11.6 Å². The Morgan fingerprint density at radius 3 is 2.64 bits per heavy atom. The van der Waals surface area contributed by atoms with Crippen molar-refractivity contribution in [1.82, 2.24) is 10.2 Å². The molecule has 3 N–H and O–H groups in total. The molecule has 0 saturated heterocycles. The first-order chi connectivity index (χ1) is 6.68. The van der Waals surface area contributed by atoms with E-state index in [0.717, 1.165) is 18.2 Å². The standard InChI is InChI=1S/C9H7F2N3/c10-5-1-2-8(11)6(3-5)7-4-13-14-9(7)12/h1-4H,(H3,12,13,14). The first-order valence-electron chi connectivity index (χ1n) is 3.93. The summed E-state index contributed by atoms with van der Waals surface area (Å²) in [5, 5.41) is 6.08. The highest BCUT2D eigenvalue weighted by Gasteiger charge is 2.10. The molecule has 2 rings (SSSR count). The van der Waals surface area contributed by atoms with Crippen LogP contribution >= 0.6 is 0 Å². The number of hydrogen-bond donors (Lipinski definition) is 2. The number of H-pyrrole nitrogens is 1. The number of hydrogen-bond acceptors (Lipinski definition) is 2. The van der Waals surface area contributed by atoms with Gasteiger partial charge in [0.2, 0.25) is 0 Å². The van der Waals surface area contributed by atoms with Gasteiger partial charge in [-0.3, -0.25) is 5.10 Å². The minimum atomic E-state index is -0.528. The van der Waals surface area contributed by atoms with Crippen LogP contribution in [0.25, 0.3) is 11.1 Å². The smallest absolute Gasteiger partial charge is 0.131 e. The van der Waals surface area contributed by atoms with Crippen molar-refractivity contribution in [1.29, 1.82) is 0 Å². The topological polar surface area (TPSA) is 54.7 Å². The first kappa shape index (κ1) is 8.68. The molecule has 0 aliphatic heterocycles. The number of nitrogens with two attached hydrogens (primary N) is 1. The third kappa shape index (κ3) is 1.32. The molecule has 14 heavy (non-hydrogen) atoms. The second-order valence-corrected chi connectivity index (χ2v) is 2.82. The van der Waals surface area contributed by atoms with Crippen LogP contribution in [0.2, 0.25) is 0 Å². The van der Waals surface area contributed by atoms with Crippen molar-refractivity contribution < 1.29 is 8.78 Å². The van der Waals surface area contributed by atoms with E-state index in [2.05, 4.69) is 10.2 Å². The number of halogens is 2. The Balaban J connectivity index is 2.62. The summed E-state index contributed by atoms with van der Waals surface area (Å²) < 4.78 is 26.1. The maximum Gasteiger partial charge on any atom is 0.131 e. The van der Waals surface area contributed by atoms with E-state index in [-0.39, 0.29) is 11.4 Å². The Morgan fingerprint density at radius 2 is 2.00 bits per heavy atom. The van der Waals surface area contributed by atoms with Crippen LogP contribution in [0, 0.1) is 11.6 Å². The summed E-state index contributed by atoms with van der Waals surface area (Å²) in [5.41, 5.74) is 5.95. The molecular weight excluding hydrogens is 188 g/mol. The van der Waals surface area contributed by atoms with Crippen LogP contribution in [0.15, 0.2) is 24.4 Å². The zero-order chi connectivity index (χ0) is 10.1. The average Bonchev–Trinajstić information content (AvgIpc) is 2.56. The number of nitrogens with zero attached hydrogens (tertiary/aromatic N) is 1. The number of anilines is 1. The SMILES string of the molecule is Nc1[nH]ncc1-c1cc(F)ccc1F. The van der Waals surface area contributed by atoms with Crippen LogP contribution in [0.3, 0.4) is 0 Å². The van der Waals surface area contributed by atoms with E-state index in [1.807, 2.05) is 0 Å². The lowest BCUT2D eigenvalue weighted by Gasteiger charge is -2.00. The van der Waals surface area contributed by atoms with E-state index in [0.29, 0.717) is 5.56 Å². The summed E-state index contributed by atoms with van der Waals surface area (Å²) in [6, 6.07) is 3.18. The van der Waals surface area contributed by atoms with Crippen molar-refractivity contribution in [3.63, 3.8) is 0 Å². The lowest BCUT2D eigenvalue weighted by Crippen LogP contribution is -1.90. The lowest BCUT2D eigenvalue weighted by molar-refractivity contribution is 0.603. The largest absolute Gasteiger partial charge is 0.384 e. The van der Waals surface area contributed by atoms with E-state index >= 15 is 0 Å². The molecule has 0 spiro atoms. The molecule has 5 heteroatoms. The van der Waals surface area contributed by atoms with Crippen LogP contribution in [-0.4, -0.2) is 10.2 Å². The third-order valence-corrected chi connectivity index (χ3v) is 1.89. The highest BCUT2D eigenvalue weighted by molar-refractivity contribution is 5.73. The van der Waals surface area contributed by atoms with E-state index in [1.54, 1.807) is 0 Å². The summed E-state index contributed by atoms with van der Waals surface area (Å²) in [5.74, 6) is -0.823. The minimum Gasteiger partial charge on any atom is -0.384 e. The number of benzene rings is 1. The van der Waals surface area contributed by atoms with Crippen molar-refractivity contribution in [2.45, 2.75) is 0 Å². The minimum absolute atomic E-state index is 0.108. The Labute approximate surface area is 78.6 Å². The molecule has 0 amide bonds. The molecule has 0 atom stereocenters. The molecule has 1 heterocycles. The van der Waals surface area contributed by atoms with Gasteiger partial charge in [0.15, 0.2) is 0 Å². The maximum atomic E-state index is 13.2. The molecule has 1 aromatic carbocycles. The zero-order valence-corrected chi connectivity index (χ0v) is 7.09. The molecule has 0 radical (unpaired) electrons. The number of aromatic nitrogens is 2. The summed E-state index contributed by atoms with van der Waals surface area (Å²) in [4.78, 5) is 0. The van der Waals surface area contributed by atoms with Gasteiger partial charge < -0.3 is 5.73 Å². The number of nitrogens with one attached hydrogen (secondary N) is 1. The van der Waals surface area contributed by atoms with E-state index in [9.17, 15) is 8.78 Å². The lowest BCUT2D eigenvalue weighted by atomic mass is 10.1. The average molecular weight is 195 g/mol. The van der Waals surface area contributed by atoms with Crippen LogP contribution in [0.4, 0.5) is 14.6 Å². The highest BCUT2D eigenvalue weighted by atomic mass is 19.1. The molecular formula is C9H7F2N3.